The maximum atomic E-state index is 11.4. The Balaban J connectivity index is 3.95. The fraction of sp³-hybridized carbons (Fsp3) is 0.778. The van der Waals surface area contributed by atoms with Crippen molar-refractivity contribution in [2.24, 2.45) is 5.73 Å². The quantitative estimate of drug-likeness (QED) is 0.560. The number of esters is 1. The van der Waals surface area contributed by atoms with Crippen molar-refractivity contribution in [3.8, 4) is 0 Å². The van der Waals surface area contributed by atoms with E-state index < -0.39 is 18.1 Å². The van der Waals surface area contributed by atoms with E-state index in [1.165, 1.54) is 21.1 Å². The average Bonchev–Trinajstić information content (AvgIpc) is 2.24. The van der Waals surface area contributed by atoms with Crippen molar-refractivity contribution < 1.29 is 19.1 Å². The lowest BCUT2D eigenvalue weighted by Crippen LogP contribution is -2.47. The standard InChI is InChI=1S/C9H18N2O4/c1-6(9(13)15-3)11-8(12)7(10)4-5-14-2/h6-7H,4-5,10H2,1-3H3,(H,11,12)/t6-,7?/m0/s1. The second kappa shape index (κ2) is 7.19. The molecular weight excluding hydrogens is 200 g/mol. The SMILES string of the molecule is COCCC(N)C(=O)N[C@@H](C)C(=O)OC. The molecule has 0 bridgehead atoms. The molecule has 2 atom stereocenters. The van der Waals surface area contributed by atoms with Crippen LogP contribution in [0.25, 0.3) is 0 Å². The summed E-state index contributed by atoms with van der Waals surface area (Å²) >= 11 is 0. The molecule has 6 nitrogen and oxygen atoms in total. The first kappa shape index (κ1) is 13.9. The van der Waals surface area contributed by atoms with Crippen molar-refractivity contribution in [1.29, 1.82) is 0 Å². The molecule has 6 heteroatoms. The molecule has 0 aromatic rings. The van der Waals surface area contributed by atoms with E-state index in [0.29, 0.717) is 13.0 Å². The molecule has 0 spiro atoms. The van der Waals surface area contributed by atoms with E-state index >= 15 is 0 Å². The van der Waals surface area contributed by atoms with Crippen LogP contribution < -0.4 is 11.1 Å². The molecule has 0 rings (SSSR count). The average molecular weight is 218 g/mol. The number of carbonyl (C=O) groups excluding carboxylic acids is 2. The van der Waals surface area contributed by atoms with Gasteiger partial charge >= 0.3 is 5.97 Å². The Labute approximate surface area is 89.1 Å². The summed E-state index contributed by atoms with van der Waals surface area (Å²) in [6, 6.07) is -1.35. The molecular formula is C9H18N2O4. The predicted octanol–water partition coefficient (Wildman–Crippen LogP) is -0.972. The van der Waals surface area contributed by atoms with Gasteiger partial charge in [-0.15, -0.1) is 0 Å². The maximum Gasteiger partial charge on any atom is 0.328 e. The molecule has 0 saturated carbocycles. The first-order chi connectivity index (χ1) is 7.02. The first-order valence-electron chi connectivity index (χ1n) is 4.65. The number of nitrogens with two attached hydrogens (primary N) is 1. The van der Waals surface area contributed by atoms with Crippen LogP contribution in [0.15, 0.2) is 0 Å². The van der Waals surface area contributed by atoms with Gasteiger partial charge in [0, 0.05) is 13.7 Å². The molecule has 1 amide bonds. The number of ether oxygens (including phenoxy) is 2. The summed E-state index contributed by atoms with van der Waals surface area (Å²) in [7, 11) is 2.79. The second-order valence-electron chi connectivity index (χ2n) is 3.14. The van der Waals surface area contributed by atoms with Crippen molar-refractivity contribution in [2.45, 2.75) is 25.4 Å². The fourth-order valence-electron chi connectivity index (χ4n) is 0.932. The zero-order valence-electron chi connectivity index (χ0n) is 9.28. The van der Waals surface area contributed by atoms with Gasteiger partial charge in [-0.1, -0.05) is 0 Å². The minimum atomic E-state index is -0.684. The molecule has 0 heterocycles. The van der Waals surface area contributed by atoms with Gasteiger partial charge in [-0.25, -0.2) is 4.79 Å². The largest absolute Gasteiger partial charge is 0.467 e. The third-order valence-corrected chi connectivity index (χ3v) is 1.88. The highest BCUT2D eigenvalue weighted by Crippen LogP contribution is 1.92. The highest BCUT2D eigenvalue weighted by molar-refractivity contribution is 5.87. The third-order valence-electron chi connectivity index (χ3n) is 1.88. The number of hydrogen-bond acceptors (Lipinski definition) is 5. The van der Waals surface area contributed by atoms with Crippen LogP contribution in [0.4, 0.5) is 0 Å². The van der Waals surface area contributed by atoms with Crippen LogP contribution >= 0.6 is 0 Å². The monoisotopic (exact) mass is 218 g/mol. The highest BCUT2D eigenvalue weighted by Gasteiger charge is 2.19. The van der Waals surface area contributed by atoms with Gasteiger partial charge in [0.25, 0.3) is 0 Å². The van der Waals surface area contributed by atoms with Gasteiger partial charge in [0.15, 0.2) is 0 Å². The van der Waals surface area contributed by atoms with Crippen LogP contribution in [0.3, 0.4) is 0 Å². The summed E-state index contributed by atoms with van der Waals surface area (Å²) < 4.78 is 9.24. The van der Waals surface area contributed by atoms with Crippen LogP contribution in [0, 0.1) is 0 Å². The Kier molecular flexibility index (Phi) is 6.64. The summed E-state index contributed by atoms with van der Waals surface area (Å²) in [5, 5.41) is 2.45. The minimum Gasteiger partial charge on any atom is -0.467 e. The van der Waals surface area contributed by atoms with Gasteiger partial charge < -0.3 is 20.5 Å². The number of carbonyl (C=O) groups is 2. The summed E-state index contributed by atoms with van der Waals surface area (Å²) in [6.45, 7) is 1.94. The van der Waals surface area contributed by atoms with E-state index in [1.807, 2.05) is 0 Å². The second-order valence-corrected chi connectivity index (χ2v) is 3.14. The van der Waals surface area contributed by atoms with Crippen LogP contribution in [0.5, 0.6) is 0 Å². The molecule has 0 radical (unpaired) electrons. The summed E-state index contributed by atoms with van der Waals surface area (Å²) in [5.41, 5.74) is 5.55. The third kappa shape index (κ3) is 5.34. The predicted molar refractivity (Wildman–Crippen MR) is 54.1 cm³/mol. The summed E-state index contributed by atoms with van der Waals surface area (Å²) in [6.07, 6.45) is 0.413. The molecule has 0 saturated heterocycles. The van der Waals surface area contributed by atoms with Crippen LogP contribution in [0.2, 0.25) is 0 Å². The van der Waals surface area contributed by atoms with Crippen molar-refractivity contribution in [3.05, 3.63) is 0 Å². The zero-order valence-corrected chi connectivity index (χ0v) is 9.28. The molecule has 0 aliphatic rings. The Morgan fingerprint density at radius 2 is 2.00 bits per heavy atom. The maximum absolute atomic E-state index is 11.4. The van der Waals surface area contributed by atoms with Gasteiger partial charge in [-0.2, -0.15) is 0 Å². The Bertz CT molecular complexity index is 220. The van der Waals surface area contributed by atoms with E-state index in [-0.39, 0.29) is 5.91 Å². The molecule has 0 aromatic carbocycles. The van der Waals surface area contributed by atoms with E-state index in [1.54, 1.807) is 0 Å². The molecule has 15 heavy (non-hydrogen) atoms. The smallest absolute Gasteiger partial charge is 0.328 e. The van der Waals surface area contributed by atoms with Crippen LogP contribution in [-0.4, -0.2) is 44.8 Å². The van der Waals surface area contributed by atoms with Gasteiger partial charge in [-0.05, 0) is 13.3 Å². The van der Waals surface area contributed by atoms with Crippen LogP contribution in [0.1, 0.15) is 13.3 Å². The number of methoxy groups -OCH3 is 2. The molecule has 0 aliphatic heterocycles. The lowest BCUT2D eigenvalue weighted by Gasteiger charge is -2.15. The number of hydrogen-bond donors (Lipinski definition) is 2. The molecule has 0 aliphatic carbocycles. The van der Waals surface area contributed by atoms with Gasteiger partial charge in [0.2, 0.25) is 5.91 Å². The van der Waals surface area contributed by atoms with Gasteiger partial charge in [0.05, 0.1) is 13.2 Å². The van der Waals surface area contributed by atoms with E-state index in [4.69, 9.17) is 10.5 Å². The summed E-state index contributed by atoms with van der Waals surface area (Å²) in [4.78, 5) is 22.4. The van der Waals surface area contributed by atoms with E-state index in [9.17, 15) is 9.59 Å². The van der Waals surface area contributed by atoms with E-state index in [2.05, 4.69) is 10.1 Å². The Morgan fingerprint density at radius 1 is 1.40 bits per heavy atom. The van der Waals surface area contributed by atoms with Crippen molar-refractivity contribution in [2.75, 3.05) is 20.8 Å². The topological polar surface area (TPSA) is 90.6 Å². The molecule has 0 aromatic heterocycles. The normalized spacial score (nSPS) is 14.1. The van der Waals surface area contributed by atoms with E-state index in [0.717, 1.165) is 0 Å². The lowest BCUT2D eigenvalue weighted by atomic mass is 10.2. The van der Waals surface area contributed by atoms with Crippen LogP contribution in [-0.2, 0) is 19.1 Å². The number of nitrogens with one attached hydrogen (secondary N) is 1. The highest BCUT2D eigenvalue weighted by atomic mass is 16.5. The molecule has 88 valence electrons. The number of rotatable bonds is 6. The van der Waals surface area contributed by atoms with Crippen molar-refractivity contribution >= 4 is 11.9 Å². The minimum absolute atomic E-state index is 0.384. The number of amides is 1. The lowest BCUT2D eigenvalue weighted by molar-refractivity contribution is -0.144. The van der Waals surface area contributed by atoms with Crippen molar-refractivity contribution in [1.82, 2.24) is 5.32 Å². The molecule has 0 fully saturated rings. The summed E-state index contributed by atoms with van der Waals surface area (Å²) in [5.74, 6) is -0.882. The molecule has 1 unspecified atom stereocenters. The first-order valence-corrected chi connectivity index (χ1v) is 4.65. The Morgan fingerprint density at radius 3 is 2.47 bits per heavy atom. The fourth-order valence-corrected chi connectivity index (χ4v) is 0.932. The van der Waals surface area contributed by atoms with Gasteiger partial charge in [-0.3, -0.25) is 4.79 Å². The van der Waals surface area contributed by atoms with Crippen molar-refractivity contribution in [3.63, 3.8) is 0 Å². The Hall–Kier alpha value is -1.14. The zero-order chi connectivity index (χ0) is 11.8. The molecule has 3 N–H and O–H groups in total. The van der Waals surface area contributed by atoms with Gasteiger partial charge in [0.1, 0.15) is 6.04 Å².